The second kappa shape index (κ2) is 3.87. The summed E-state index contributed by atoms with van der Waals surface area (Å²) in [4.78, 5) is 4.42. The van der Waals surface area contributed by atoms with Crippen LogP contribution in [0.5, 0.6) is 0 Å². The SMILES string of the molecule is Cc1cnc2ccc(CC3CNC3)cc2c1. The maximum absolute atomic E-state index is 4.42. The minimum Gasteiger partial charge on any atom is -0.316 e. The van der Waals surface area contributed by atoms with E-state index in [0.717, 1.165) is 11.4 Å². The smallest absolute Gasteiger partial charge is 0.0702 e. The fraction of sp³-hybridized carbons (Fsp3) is 0.357. The highest BCUT2D eigenvalue weighted by Gasteiger charge is 2.16. The lowest BCUT2D eigenvalue weighted by Gasteiger charge is -2.27. The van der Waals surface area contributed by atoms with Crippen molar-refractivity contribution in [2.45, 2.75) is 13.3 Å². The standard InChI is InChI=1S/C14H16N2/c1-10-4-13-6-11(5-12-8-15-9-12)2-3-14(13)16-7-10/h2-4,6-7,12,15H,5,8-9H2,1H3. The molecule has 2 heterocycles. The van der Waals surface area contributed by atoms with E-state index in [1.54, 1.807) is 0 Å². The predicted octanol–water partition coefficient (Wildman–Crippen LogP) is 2.31. The minimum absolute atomic E-state index is 0.829. The van der Waals surface area contributed by atoms with E-state index in [0.29, 0.717) is 0 Å². The van der Waals surface area contributed by atoms with E-state index in [9.17, 15) is 0 Å². The fourth-order valence-corrected chi connectivity index (χ4v) is 2.24. The lowest BCUT2D eigenvalue weighted by Crippen LogP contribution is -2.43. The van der Waals surface area contributed by atoms with Crippen LogP contribution in [0.4, 0.5) is 0 Å². The first-order chi connectivity index (χ1) is 7.81. The van der Waals surface area contributed by atoms with Crippen LogP contribution in [0.25, 0.3) is 10.9 Å². The summed E-state index contributed by atoms with van der Waals surface area (Å²) in [7, 11) is 0. The normalized spacial score (nSPS) is 16.3. The second-order valence-corrected chi connectivity index (χ2v) is 4.77. The van der Waals surface area contributed by atoms with Crippen molar-refractivity contribution in [2.24, 2.45) is 5.92 Å². The van der Waals surface area contributed by atoms with Crippen LogP contribution >= 0.6 is 0 Å². The van der Waals surface area contributed by atoms with Gasteiger partial charge >= 0.3 is 0 Å². The summed E-state index contributed by atoms with van der Waals surface area (Å²) in [6.07, 6.45) is 3.12. The number of aromatic nitrogens is 1. The largest absolute Gasteiger partial charge is 0.316 e. The Morgan fingerprint density at radius 3 is 2.94 bits per heavy atom. The number of hydrogen-bond acceptors (Lipinski definition) is 2. The van der Waals surface area contributed by atoms with Gasteiger partial charge in [-0.1, -0.05) is 6.07 Å². The van der Waals surface area contributed by atoms with Crippen molar-refractivity contribution in [3.8, 4) is 0 Å². The number of nitrogens with one attached hydrogen (secondary N) is 1. The molecule has 0 unspecified atom stereocenters. The number of hydrogen-bond donors (Lipinski definition) is 1. The van der Waals surface area contributed by atoms with E-state index < -0.39 is 0 Å². The van der Waals surface area contributed by atoms with Crippen LogP contribution in [-0.2, 0) is 6.42 Å². The van der Waals surface area contributed by atoms with Crippen molar-refractivity contribution in [1.82, 2.24) is 10.3 Å². The van der Waals surface area contributed by atoms with E-state index in [4.69, 9.17) is 0 Å². The molecule has 0 bridgehead atoms. The highest BCUT2D eigenvalue weighted by atomic mass is 14.9. The molecule has 1 fully saturated rings. The Kier molecular flexibility index (Phi) is 2.37. The van der Waals surface area contributed by atoms with Crippen LogP contribution in [0.2, 0.25) is 0 Å². The first-order valence-corrected chi connectivity index (χ1v) is 5.87. The molecule has 0 amide bonds. The molecule has 16 heavy (non-hydrogen) atoms. The van der Waals surface area contributed by atoms with Gasteiger partial charge in [-0.05, 0) is 61.7 Å². The first-order valence-electron chi connectivity index (χ1n) is 5.87. The number of fused-ring (bicyclic) bond motifs is 1. The lowest BCUT2D eigenvalue weighted by molar-refractivity contribution is 0.346. The van der Waals surface area contributed by atoms with Crippen molar-refractivity contribution in [3.63, 3.8) is 0 Å². The summed E-state index contributed by atoms with van der Waals surface area (Å²) < 4.78 is 0. The molecule has 1 aliphatic rings. The fourth-order valence-electron chi connectivity index (χ4n) is 2.24. The van der Waals surface area contributed by atoms with Crippen LogP contribution in [0, 0.1) is 12.8 Å². The van der Waals surface area contributed by atoms with E-state index in [1.807, 2.05) is 6.20 Å². The average molecular weight is 212 g/mol. The third kappa shape index (κ3) is 1.81. The van der Waals surface area contributed by atoms with Gasteiger partial charge in [0.25, 0.3) is 0 Å². The molecule has 0 aliphatic carbocycles. The molecule has 1 saturated heterocycles. The molecule has 2 aromatic rings. The van der Waals surface area contributed by atoms with Crippen molar-refractivity contribution < 1.29 is 0 Å². The number of nitrogens with zero attached hydrogens (tertiary/aromatic N) is 1. The summed E-state index contributed by atoms with van der Waals surface area (Å²) in [6.45, 7) is 4.43. The summed E-state index contributed by atoms with van der Waals surface area (Å²) in [5, 5.41) is 4.58. The van der Waals surface area contributed by atoms with Gasteiger partial charge < -0.3 is 5.32 Å². The maximum Gasteiger partial charge on any atom is 0.0702 e. The van der Waals surface area contributed by atoms with Gasteiger partial charge in [0, 0.05) is 11.6 Å². The van der Waals surface area contributed by atoms with Gasteiger partial charge in [0.1, 0.15) is 0 Å². The Morgan fingerprint density at radius 1 is 1.31 bits per heavy atom. The van der Waals surface area contributed by atoms with Crippen molar-refractivity contribution in [3.05, 3.63) is 41.6 Å². The van der Waals surface area contributed by atoms with E-state index in [2.05, 4.69) is 41.5 Å². The summed E-state index contributed by atoms with van der Waals surface area (Å²) in [6, 6.07) is 8.84. The molecule has 82 valence electrons. The van der Waals surface area contributed by atoms with E-state index in [-0.39, 0.29) is 0 Å². The zero-order valence-electron chi connectivity index (χ0n) is 9.53. The number of pyridine rings is 1. The molecule has 0 saturated carbocycles. The summed E-state index contributed by atoms with van der Waals surface area (Å²) in [5.41, 5.74) is 3.77. The zero-order valence-corrected chi connectivity index (χ0v) is 9.53. The van der Waals surface area contributed by atoms with E-state index in [1.165, 1.54) is 36.0 Å². The molecule has 0 radical (unpaired) electrons. The third-order valence-electron chi connectivity index (χ3n) is 3.27. The molecule has 1 aromatic heterocycles. The number of rotatable bonds is 2. The van der Waals surface area contributed by atoms with Gasteiger partial charge in [-0.15, -0.1) is 0 Å². The van der Waals surface area contributed by atoms with Crippen molar-refractivity contribution >= 4 is 10.9 Å². The predicted molar refractivity (Wildman–Crippen MR) is 66.5 cm³/mol. The molecule has 1 N–H and O–H groups in total. The van der Waals surface area contributed by atoms with Gasteiger partial charge in [0.15, 0.2) is 0 Å². The monoisotopic (exact) mass is 212 g/mol. The summed E-state index contributed by atoms with van der Waals surface area (Å²) in [5.74, 6) is 0.829. The quantitative estimate of drug-likeness (QED) is 0.826. The van der Waals surface area contributed by atoms with Crippen molar-refractivity contribution in [1.29, 1.82) is 0 Å². The molecule has 0 atom stereocenters. The Balaban J connectivity index is 1.94. The highest BCUT2D eigenvalue weighted by Crippen LogP contribution is 2.18. The van der Waals surface area contributed by atoms with Crippen molar-refractivity contribution in [2.75, 3.05) is 13.1 Å². The zero-order chi connectivity index (χ0) is 11.0. The molecule has 0 spiro atoms. The van der Waals surface area contributed by atoms with Crippen LogP contribution in [0.1, 0.15) is 11.1 Å². The van der Waals surface area contributed by atoms with Gasteiger partial charge in [-0.25, -0.2) is 0 Å². The van der Waals surface area contributed by atoms with Crippen LogP contribution in [0.15, 0.2) is 30.5 Å². The van der Waals surface area contributed by atoms with Crippen LogP contribution in [-0.4, -0.2) is 18.1 Å². The lowest BCUT2D eigenvalue weighted by atomic mass is 9.93. The molecule has 2 heteroatoms. The summed E-state index contributed by atoms with van der Waals surface area (Å²) >= 11 is 0. The van der Waals surface area contributed by atoms with Gasteiger partial charge in [-0.3, -0.25) is 4.98 Å². The number of benzene rings is 1. The second-order valence-electron chi connectivity index (χ2n) is 4.77. The average Bonchev–Trinajstić information content (AvgIpc) is 2.23. The Bertz CT molecular complexity index is 515. The molecule has 1 aliphatic heterocycles. The maximum atomic E-state index is 4.42. The van der Waals surface area contributed by atoms with Gasteiger partial charge in [-0.2, -0.15) is 0 Å². The van der Waals surface area contributed by atoms with Crippen LogP contribution in [0.3, 0.4) is 0 Å². The topological polar surface area (TPSA) is 24.9 Å². The first kappa shape index (κ1) is 9.79. The number of aryl methyl sites for hydroxylation is 1. The molecule has 2 nitrogen and oxygen atoms in total. The Labute approximate surface area is 95.7 Å². The Morgan fingerprint density at radius 2 is 2.19 bits per heavy atom. The van der Waals surface area contributed by atoms with Crippen LogP contribution < -0.4 is 5.32 Å². The molecule has 1 aromatic carbocycles. The molecular formula is C14H16N2. The Hall–Kier alpha value is -1.41. The molecule has 3 rings (SSSR count). The van der Waals surface area contributed by atoms with E-state index >= 15 is 0 Å². The minimum atomic E-state index is 0.829. The highest BCUT2D eigenvalue weighted by molar-refractivity contribution is 5.79. The molecular weight excluding hydrogens is 196 g/mol. The third-order valence-corrected chi connectivity index (χ3v) is 3.27. The van der Waals surface area contributed by atoms with Gasteiger partial charge in [0.05, 0.1) is 5.52 Å². The van der Waals surface area contributed by atoms with Gasteiger partial charge in [0.2, 0.25) is 0 Å².